The maximum absolute atomic E-state index is 13.1. The molecule has 0 unspecified atom stereocenters. The molecule has 4 bridgehead atoms. The van der Waals surface area contributed by atoms with E-state index in [0.717, 1.165) is 47.1 Å². The first kappa shape index (κ1) is 21.6. The molecule has 2 aromatic heterocycles. The molecule has 0 saturated heterocycles. The van der Waals surface area contributed by atoms with Crippen molar-refractivity contribution in [1.29, 1.82) is 0 Å². The lowest BCUT2D eigenvalue weighted by atomic mass is 9.49. The van der Waals surface area contributed by atoms with Crippen molar-refractivity contribution in [3.05, 3.63) is 0 Å². The van der Waals surface area contributed by atoms with Gasteiger partial charge in [-0.2, -0.15) is 0 Å². The number of amides is 2. The normalized spacial score (nSPS) is 28.6. The SMILES string of the molecule is CCSc1nnc(NC(=O)CSc2nnc(NC(=O)C34CC5CC(CC(C5)C3)C4)s2)s1. The Hall–Kier alpha value is -1.24. The first-order chi connectivity index (χ1) is 15.0. The van der Waals surface area contributed by atoms with Crippen LogP contribution in [0.1, 0.15) is 45.4 Å². The van der Waals surface area contributed by atoms with Crippen LogP contribution in [-0.4, -0.2) is 43.7 Å². The van der Waals surface area contributed by atoms with Crippen molar-refractivity contribution in [2.45, 2.75) is 54.1 Å². The molecule has 4 aliphatic rings. The smallest absolute Gasteiger partial charge is 0.236 e. The molecule has 0 radical (unpaired) electrons. The van der Waals surface area contributed by atoms with Crippen molar-refractivity contribution < 1.29 is 9.59 Å². The van der Waals surface area contributed by atoms with E-state index in [-0.39, 0.29) is 23.0 Å². The number of anilines is 2. The molecule has 8 nitrogen and oxygen atoms in total. The first-order valence-corrected chi connectivity index (χ1v) is 14.2. The number of carbonyl (C=O) groups is 2. The Morgan fingerprint density at radius 3 is 2.03 bits per heavy atom. The van der Waals surface area contributed by atoms with E-state index in [1.807, 2.05) is 6.92 Å². The molecule has 4 aliphatic carbocycles. The molecule has 4 saturated carbocycles. The molecule has 0 aromatic carbocycles. The zero-order valence-electron chi connectivity index (χ0n) is 17.1. The third-order valence-electron chi connectivity index (χ3n) is 6.39. The fraction of sp³-hybridized carbons (Fsp3) is 0.684. The van der Waals surface area contributed by atoms with Crippen LogP contribution < -0.4 is 10.6 Å². The summed E-state index contributed by atoms with van der Waals surface area (Å²) in [5.41, 5.74) is -0.204. The highest BCUT2D eigenvalue weighted by molar-refractivity contribution is 8.01. The Labute approximate surface area is 197 Å². The number of nitrogens with one attached hydrogen (secondary N) is 2. The number of aromatic nitrogens is 4. The predicted octanol–water partition coefficient (Wildman–Crippen LogP) is 4.39. The van der Waals surface area contributed by atoms with Crippen LogP contribution in [-0.2, 0) is 9.59 Å². The summed E-state index contributed by atoms with van der Waals surface area (Å²) in [4.78, 5) is 25.3. The average molecular weight is 497 g/mol. The Kier molecular flexibility index (Phi) is 6.24. The van der Waals surface area contributed by atoms with Gasteiger partial charge in [0.25, 0.3) is 0 Å². The van der Waals surface area contributed by atoms with Crippen LogP contribution in [0.4, 0.5) is 10.3 Å². The summed E-state index contributed by atoms with van der Waals surface area (Å²) < 4.78 is 1.50. The minimum Gasteiger partial charge on any atom is -0.300 e. The fourth-order valence-electron chi connectivity index (χ4n) is 5.66. The summed E-state index contributed by atoms with van der Waals surface area (Å²) in [6.07, 6.45) is 7.00. The number of hydrogen-bond acceptors (Lipinski definition) is 10. The standard InChI is InChI=1S/C19H24N6O2S4/c1-2-28-17-24-22-15(30-17)20-13(26)9-29-18-25-23-16(31-18)21-14(27)19-6-10-3-11(7-19)5-12(4-10)8-19/h10-12H,2-9H2,1H3,(H,20,22,26)(H,21,23,27). The Bertz CT molecular complexity index is 941. The number of carbonyl (C=O) groups excluding carboxylic acids is 2. The van der Waals surface area contributed by atoms with Crippen LogP contribution in [0.25, 0.3) is 0 Å². The number of nitrogens with zero attached hydrogens (tertiary/aromatic N) is 4. The van der Waals surface area contributed by atoms with E-state index >= 15 is 0 Å². The molecule has 0 spiro atoms. The van der Waals surface area contributed by atoms with E-state index in [0.29, 0.717) is 14.6 Å². The molecular weight excluding hydrogens is 473 g/mol. The van der Waals surface area contributed by atoms with E-state index in [4.69, 9.17) is 0 Å². The van der Waals surface area contributed by atoms with Crippen LogP contribution in [0.15, 0.2) is 8.68 Å². The van der Waals surface area contributed by atoms with Gasteiger partial charge in [-0.3, -0.25) is 14.9 Å². The van der Waals surface area contributed by atoms with Crippen LogP contribution in [0, 0.1) is 23.2 Å². The minimum absolute atomic E-state index is 0.120. The minimum atomic E-state index is -0.204. The number of thioether (sulfide) groups is 2. The van der Waals surface area contributed by atoms with Crippen molar-refractivity contribution in [1.82, 2.24) is 20.4 Å². The molecule has 2 aromatic rings. The van der Waals surface area contributed by atoms with E-state index in [2.05, 4.69) is 31.0 Å². The second-order valence-electron chi connectivity index (χ2n) is 8.67. The predicted molar refractivity (Wildman–Crippen MR) is 125 cm³/mol. The zero-order valence-corrected chi connectivity index (χ0v) is 20.4. The summed E-state index contributed by atoms with van der Waals surface area (Å²) in [6.45, 7) is 2.04. The van der Waals surface area contributed by atoms with Crippen LogP contribution in [0.5, 0.6) is 0 Å². The summed E-state index contributed by atoms with van der Waals surface area (Å²) in [5, 5.41) is 23.1. The lowest BCUT2D eigenvalue weighted by molar-refractivity contribution is -0.140. The molecule has 2 heterocycles. The van der Waals surface area contributed by atoms with Gasteiger partial charge in [0.15, 0.2) is 8.68 Å². The third kappa shape index (κ3) is 4.76. The van der Waals surface area contributed by atoms with Crippen molar-refractivity contribution in [3.8, 4) is 0 Å². The van der Waals surface area contributed by atoms with Gasteiger partial charge in [0, 0.05) is 0 Å². The summed E-state index contributed by atoms with van der Waals surface area (Å²) in [5.74, 6) is 3.24. The van der Waals surface area contributed by atoms with Gasteiger partial charge in [-0.1, -0.05) is 53.1 Å². The van der Waals surface area contributed by atoms with Crippen LogP contribution in [0.3, 0.4) is 0 Å². The molecule has 166 valence electrons. The van der Waals surface area contributed by atoms with Gasteiger partial charge in [0.1, 0.15) is 0 Å². The Morgan fingerprint density at radius 1 is 0.903 bits per heavy atom. The van der Waals surface area contributed by atoms with Gasteiger partial charge < -0.3 is 5.32 Å². The topological polar surface area (TPSA) is 110 Å². The van der Waals surface area contributed by atoms with Crippen LogP contribution >= 0.6 is 46.2 Å². The lowest BCUT2D eigenvalue weighted by Gasteiger charge is -2.55. The van der Waals surface area contributed by atoms with Crippen LogP contribution in [0.2, 0.25) is 0 Å². The fourth-order valence-corrected chi connectivity index (χ4v) is 8.87. The monoisotopic (exact) mass is 496 g/mol. The van der Waals surface area contributed by atoms with Crippen molar-refractivity contribution in [2.75, 3.05) is 22.1 Å². The molecular formula is C19H24N6O2S4. The molecule has 31 heavy (non-hydrogen) atoms. The third-order valence-corrected chi connectivity index (χ3v) is 10.2. The summed E-state index contributed by atoms with van der Waals surface area (Å²) >= 11 is 5.59. The number of rotatable bonds is 8. The van der Waals surface area contributed by atoms with Crippen molar-refractivity contribution in [3.63, 3.8) is 0 Å². The molecule has 4 fully saturated rings. The van der Waals surface area contributed by atoms with Gasteiger partial charge in [0.2, 0.25) is 22.1 Å². The molecule has 12 heteroatoms. The average Bonchev–Trinajstić information content (AvgIpc) is 3.35. The highest BCUT2D eigenvalue weighted by Gasteiger charge is 2.54. The Balaban J connectivity index is 1.12. The maximum Gasteiger partial charge on any atom is 0.236 e. The molecule has 2 amide bonds. The number of hydrogen-bond donors (Lipinski definition) is 2. The second kappa shape index (κ2) is 8.95. The summed E-state index contributed by atoms with van der Waals surface area (Å²) in [7, 11) is 0. The highest BCUT2D eigenvalue weighted by atomic mass is 32.2. The summed E-state index contributed by atoms with van der Waals surface area (Å²) in [6, 6.07) is 0. The van der Waals surface area contributed by atoms with E-state index in [9.17, 15) is 9.59 Å². The van der Waals surface area contributed by atoms with Gasteiger partial charge >= 0.3 is 0 Å². The quantitative estimate of drug-likeness (QED) is 0.409. The van der Waals surface area contributed by atoms with Crippen molar-refractivity contribution in [2.24, 2.45) is 23.2 Å². The maximum atomic E-state index is 13.1. The zero-order chi connectivity index (χ0) is 21.4. The van der Waals surface area contributed by atoms with Gasteiger partial charge in [-0.15, -0.1) is 20.4 Å². The van der Waals surface area contributed by atoms with Crippen molar-refractivity contribution >= 4 is 68.3 Å². The molecule has 6 rings (SSSR count). The van der Waals surface area contributed by atoms with E-state index < -0.39 is 0 Å². The molecule has 0 aliphatic heterocycles. The first-order valence-electron chi connectivity index (χ1n) is 10.6. The molecule has 2 N–H and O–H groups in total. The molecule has 0 atom stereocenters. The lowest BCUT2D eigenvalue weighted by Crippen LogP contribution is -2.51. The second-order valence-corrected chi connectivity index (χ2v) is 13.4. The van der Waals surface area contributed by atoms with E-state index in [1.165, 1.54) is 53.7 Å². The van der Waals surface area contributed by atoms with Gasteiger partial charge in [-0.05, 0) is 62.0 Å². The van der Waals surface area contributed by atoms with E-state index in [1.54, 1.807) is 11.8 Å². The van der Waals surface area contributed by atoms with Gasteiger partial charge in [0.05, 0.1) is 11.2 Å². The highest BCUT2D eigenvalue weighted by Crippen LogP contribution is 2.60. The Morgan fingerprint density at radius 2 is 1.45 bits per heavy atom. The largest absolute Gasteiger partial charge is 0.300 e. The van der Waals surface area contributed by atoms with Gasteiger partial charge in [-0.25, -0.2) is 0 Å².